The molecule has 0 bridgehead atoms. The van der Waals surface area contributed by atoms with E-state index in [1.54, 1.807) is 0 Å². The van der Waals surface area contributed by atoms with Crippen molar-refractivity contribution in [3.05, 3.63) is 0 Å². The molecule has 152 valence electrons. The largest absolute Gasteiger partial charge is 0.381 e. The summed E-state index contributed by atoms with van der Waals surface area (Å²) >= 11 is 2.05. The molecule has 0 amide bonds. The van der Waals surface area contributed by atoms with E-state index in [0.29, 0.717) is 18.1 Å². The minimum Gasteiger partial charge on any atom is -0.381 e. The fourth-order valence-electron chi connectivity index (χ4n) is 4.71. The first-order valence-corrected chi connectivity index (χ1v) is 10.9. The Bertz CT molecular complexity index is 478. The first-order chi connectivity index (χ1) is 12.0. The van der Waals surface area contributed by atoms with E-state index in [0.717, 1.165) is 63.9 Å². The molecule has 0 aromatic carbocycles. The van der Waals surface area contributed by atoms with Gasteiger partial charge in [-0.25, -0.2) is 0 Å². The zero-order valence-electron chi connectivity index (χ0n) is 16.7. The second-order valence-corrected chi connectivity index (χ2v) is 9.84. The highest BCUT2D eigenvalue weighted by atomic mass is 127. The summed E-state index contributed by atoms with van der Waals surface area (Å²) in [6.45, 7) is 13.4. The summed E-state index contributed by atoms with van der Waals surface area (Å²) < 4.78 is 11.7. The van der Waals surface area contributed by atoms with Crippen LogP contribution in [0.5, 0.6) is 0 Å². The lowest BCUT2D eigenvalue weighted by Crippen LogP contribution is -2.68. The Labute approximate surface area is 180 Å². The maximum absolute atomic E-state index is 5.92. The predicted octanol–water partition coefficient (Wildman–Crippen LogP) is 3.28. The van der Waals surface area contributed by atoms with E-state index < -0.39 is 0 Å². The number of nitrogens with one attached hydrogen (secondary N) is 2. The van der Waals surface area contributed by atoms with Gasteiger partial charge in [0.2, 0.25) is 0 Å². The number of thioether (sulfide) groups is 1. The molecule has 3 atom stereocenters. The molecule has 26 heavy (non-hydrogen) atoms. The van der Waals surface area contributed by atoms with Crippen LogP contribution in [0.4, 0.5) is 0 Å². The van der Waals surface area contributed by atoms with E-state index in [-0.39, 0.29) is 34.1 Å². The van der Waals surface area contributed by atoms with Crippen LogP contribution in [0.2, 0.25) is 0 Å². The van der Waals surface area contributed by atoms with Crippen LogP contribution in [-0.2, 0) is 9.47 Å². The lowest BCUT2D eigenvalue weighted by molar-refractivity contribution is -0.106. The zero-order chi connectivity index (χ0) is 17.9. The summed E-state index contributed by atoms with van der Waals surface area (Å²) in [5, 5.41) is 7.19. The van der Waals surface area contributed by atoms with Crippen LogP contribution in [0.1, 0.15) is 47.0 Å². The van der Waals surface area contributed by atoms with Crippen molar-refractivity contribution in [3.63, 3.8) is 0 Å². The van der Waals surface area contributed by atoms with Crippen LogP contribution in [0.3, 0.4) is 0 Å². The highest BCUT2D eigenvalue weighted by Crippen LogP contribution is 2.52. The normalized spacial score (nSPS) is 32.2. The minimum atomic E-state index is 0. The molecule has 2 heterocycles. The van der Waals surface area contributed by atoms with Gasteiger partial charge >= 0.3 is 0 Å². The molecule has 2 aliphatic heterocycles. The first kappa shape index (κ1) is 22.6. The molecular formula is C19H36IN3O2S. The van der Waals surface area contributed by atoms with Crippen LogP contribution < -0.4 is 10.6 Å². The van der Waals surface area contributed by atoms with Gasteiger partial charge in [-0.3, -0.25) is 4.99 Å². The van der Waals surface area contributed by atoms with Gasteiger partial charge in [-0.05, 0) is 31.9 Å². The third-order valence-electron chi connectivity index (χ3n) is 6.12. The Kier molecular flexibility index (Phi) is 8.37. The van der Waals surface area contributed by atoms with Crippen LogP contribution in [0.25, 0.3) is 0 Å². The number of fused-ring (bicyclic) bond motifs is 1. The van der Waals surface area contributed by atoms with Crippen molar-refractivity contribution in [2.24, 2.45) is 16.3 Å². The molecule has 1 aliphatic carbocycles. The molecule has 0 aromatic heterocycles. The zero-order valence-corrected chi connectivity index (χ0v) is 19.8. The maximum atomic E-state index is 5.92. The average Bonchev–Trinajstić information content (AvgIpc) is 3.05. The predicted molar refractivity (Wildman–Crippen MR) is 121 cm³/mol. The lowest BCUT2D eigenvalue weighted by atomic mass is 9.57. The van der Waals surface area contributed by atoms with Crippen molar-refractivity contribution in [2.45, 2.75) is 63.9 Å². The molecule has 3 fully saturated rings. The lowest BCUT2D eigenvalue weighted by Gasteiger charge is -2.55. The van der Waals surface area contributed by atoms with Crippen molar-refractivity contribution in [2.75, 3.05) is 38.7 Å². The van der Waals surface area contributed by atoms with Crippen molar-refractivity contribution in [3.8, 4) is 0 Å². The maximum Gasteiger partial charge on any atom is 0.191 e. The Morgan fingerprint density at radius 1 is 1.19 bits per heavy atom. The Morgan fingerprint density at radius 2 is 1.92 bits per heavy atom. The molecule has 0 radical (unpaired) electrons. The van der Waals surface area contributed by atoms with Gasteiger partial charge in [-0.1, -0.05) is 20.8 Å². The van der Waals surface area contributed by atoms with Gasteiger partial charge in [-0.2, -0.15) is 11.8 Å². The van der Waals surface area contributed by atoms with Gasteiger partial charge in [0, 0.05) is 48.5 Å². The summed E-state index contributed by atoms with van der Waals surface area (Å²) in [4.78, 5) is 5.01. The molecule has 0 spiro atoms. The number of hydrogen-bond acceptors (Lipinski definition) is 4. The van der Waals surface area contributed by atoms with E-state index in [4.69, 9.17) is 14.5 Å². The number of aliphatic imine (C=N–C) groups is 1. The number of rotatable bonds is 6. The standard InChI is InChI=1S/C19H35N3O2S.HI/c1-5-20-17(21-13-19(25-6-2)8-11-23-12-9-19)22-15-14-7-10-24-16(14)18(15,3)4;/h14-16H,5-13H2,1-4H3,(H2,20,21,22);1H. The van der Waals surface area contributed by atoms with Gasteiger partial charge < -0.3 is 20.1 Å². The van der Waals surface area contributed by atoms with Gasteiger partial charge in [-0.15, -0.1) is 24.0 Å². The molecule has 2 saturated heterocycles. The highest BCUT2D eigenvalue weighted by Gasteiger charge is 2.59. The van der Waals surface area contributed by atoms with Crippen LogP contribution >= 0.6 is 35.7 Å². The van der Waals surface area contributed by atoms with Crippen LogP contribution in [0, 0.1) is 11.3 Å². The van der Waals surface area contributed by atoms with E-state index in [9.17, 15) is 0 Å². The van der Waals surface area contributed by atoms with Crippen molar-refractivity contribution in [1.82, 2.24) is 10.6 Å². The molecule has 5 nitrogen and oxygen atoms in total. The number of halogens is 1. The van der Waals surface area contributed by atoms with Gasteiger partial charge in [0.15, 0.2) is 5.96 Å². The van der Waals surface area contributed by atoms with E-state index in [1.165, 1.54) is 0 Å². The summed E-state index contributed by atoms with van der Waals surface area (Å²) in [7, 11) is 0. The number of guanidine groups is 1. The smallest absolute Gasteiger partial charge is 0.191 e. The molecule has 7 heteroatoms. The Balaban J connectivity index is 0.00000243. The quantitative estimate of drug-likeness (QED) is 0.335. The van der Waals surface area contributed by atoms with Gasteiger partial charge in [0.05, 0.1) is 12.6 Å². The van der Waals surface area contributed by atoms with Crippen molar-refractivity contribution < 1.29 is 9.47 Å². The van der Waals surface area contributed by atoms with Crippen molar-refractivity contribution in [1.29, 1.82) is 0 Å². The van der Waals surface area contributed by atoms with Crippen LogP contribution in [0.15, 0.2) is 4.99 Å². The van der Waals surface area contributed by atoms with E-state index in [1.807, 2.05) is 0 Å². The molecular weight excluding hydrogens is 461 g/mol. The topological polar surface area (TPSA) is 54.9 Å². The van der Waals surface area contributed by atoms with Gasteiger partial charge in [0.1, 0.15) is 0 Å². The molecule has 0 aromatic rings. The number of hydrogen-bond donors (Lipinski definition) is 2. The molecule has 2 N–H and O–H groups in total. The Morgan fingerprint density at radius 3 is 2.58 bits per heavy atom. The third kappa shape index (κ3) is 4.63. The van der Waals surface area contributed by atoms with Crippen LogP contribution in [-0.4, -0.2) is 61.5 Å². The second-order valence-electron chi connectivity index (χ2n) is 8.11. The summed E-state index contributed by atoms with van der Waals surface area (Å²) in [5.41, 5.74) is 0.173. The van der Waals surface area contributed by atoms with Gasteiger partial charge in [0.25, 0.3) is 0 Å². The SMILES string of the molecule is CCNC(=NCC1(SCC)CCOCC1)NC1C2CCOC2C1(C)C.I. The first-order valence-electron chi connectivity index (χ1n) is 9.90. The average molecular weight is 497 g/mol. The molecule has 1 saturated carbocycles. The summed E-state index contributed by atoms with van der Waals surface area (Å²) in [6.07, 6.45) is 3.77. The minimum absolute atomic E-state index is 0. The fourth-order valence-corrected chi connectivity index (χ4v) is 5.93. The molecule has 3 unspecified atom stereocenters. The number of nitrogens with zero attached hydrogens (tertiary/aromatic N) is 1. The molecule has 3 aliphatic rings. The monoisotopic (exact) mass is 497 g/mol. The fraction of sp³-hybridized carbons (Fsp3) is 0.947. The van der Waals surface area contributed by atoms with E-state index in [2.05, 4.69) is 50.1 Å². The second kappa shape index (κ2) is 9.65. The summed E-state index contributed by atoms with van der Waals surface area (Å²) in [5.74, 6) is 2.73. The van der Waals surface area contributed by atoms with E-state index >= 15 is 0 Å². The number of ether oxygens (including phenoxy) is 2. The summed E-state index contributed by atoms with van der Waals surface area (Å²) in [6, 6.07) is 0.447. The molecule has 3 rings (SSSR count). The highest BCUT2D eigenvalue weighted by molar-refractivity contribution is 14.0. The Hall–Kier alpha value is 0.270. The third-order valence-corrected chi connectivity index (χ3v) is 7.56. The van der Waals surface area contributed by atoms with Crippen molar-refractivity contribution >= 4 is 41.7 Å².